The lowest BCUT2D eigenvalue weighted by atomic mass is 10.0. The van der Waals surface area contributed by atoms with Crippen molar-refractivity contribution in [1.82, 2.24) is 15.1 Å². The van der Waals surface area contributed by atoms with Crippen LogP contribution in [0.15, 0.2) is 28.7 Å². The molecule has 2 N–H and O–H groups in total. The Morgan fingerprint density at radius 2 is 2.23 bits per heavy atom. The van der Waals surface area contributed by atoms with E-state index in [1.807, 2.05) is 0 Å². The summed E-state index contributed by atoms with van der Waals surface area (Å²) in [5.74, 6) is 0.550. The molecule has 1 aromatic carbocycles. The predicted molar refractivity (Wildman–Crippen MR) is 82.8 cm³/mol. The summed E-state index contributed by atoms with van der Waals surface area (Å²) in [6.45, 7) is 3.06. The van der Waals surface area contributed by atoms with Crippen LogP contribution in [0.4, 0.5) is 0 Å². The normalized spacial score (nSPS) is 19.4. The van der Waals surface area contributed by atoms with E-state index in [0.29, 0.717) is 24.5 Å². The second kappa shape index (κ2) is 6.02. The van der Waals surface area contributed by atoms with Gasteiger partial charge in [0.05, 0.1) is 6.10 Å². The Kier molecular flexibility index (Phi) is 4.08. The second-order valence-electron chi connectivity index (χ2n) is 5.54. The molecule has 3 rings (SSSR count). The number of likely N-dealkylation sites (tertiary alicyclic amines) is 1. The molecule has 2 atom stereocenters. The standard InChI is InChI=1S/C15H17N3O3S/c1-9(19)12-6-7-18(8-12)14(20)11-4-2-10(3-5-11)13-16-17-15(22)21-13/h2-5,9,12,19H,6-8H2,1H3,(H,17,22). The zero-order chi connectivity index (χ0) is 15.7. The topological polar surface area (TPSA) is 82.4 Å². The first-order valence-corrected chi connectivity index (χ1v) is 7.58. The molecule has 1 aliphatic rings. The number of nitrogens with zero attached hydrogens (tertiary/aromatic N) is 2. The van der Waals surface area contributed by atoms with Crippen LogP contribution in [-0.2, 0) is 0 Å². The van der Waals surface area contributed by atoms with E-state index < -0.39 is 0 Å². The Bertz CT molecular complexity index is 720. The minimum atomic E-state index is -0.381. The van der Waals surface area contributed by atoms with Crippen LogP contribution in [0.3, 0.4) is 0 Å². The van der Waals surface area contributed by atoms with Crippen molar-refractivity contribution in [3.8, 4) is 11.5 Å². The highest BCUT2D eigenvalue weighted by atomic mass is 32.1. The number of hydrogen-bond donors (Lipinski definition) is 2. The van der Waals surface area contributed by atoms with Crippen LogP contribution in [0.1, 0.15) is 23.7 Å². The van der Waals surface area contributed by atoms with Gasteiger partial charge in [0.15, 0.2) is 0 Å². The van der Waals surface area contributed by atoms with Crippen molar-refractivity contribution in [2.75, 3.05) is 13.1 Å². The van der Waals surface area contributed by atoms with Crippen LogP contribution in [0, 0.1) is 10.8 Å². The molecule has 1 amide bonds. The van der Waals surface area contributed by atoms with Crippen molar-refractivity contribution >= 4 is 18.1 Å². The summed E-state index contributed by atoms with van der Waals surface area (Å²) in [6, 6.07) is 7.06. The summed E-state index contributed by atoms with van der Waals surface area (Å²) in [5.41, 5.74) is 1.37. The number of aliphatic hydroxyl groups excluding tert-OH is 1. The SMILES string of the molecule is CC(O)C1CCN(C(=O)c2ccc(-c3n[nH]c(=S)o3)cc2)C1. The number of benzene rings is 1. The third kappa shape index (κ3) is 2.95. The van der Waals surface area contributed by atoms with Crippen molar-refractivity contribution in [3.05, 3.63) is 34.7 Å². The first-order valence-electron chi connectivity index (χ1n) is 7.18. The number of hydrogen-bond acceptors (Lipinski definition) is 5. The Morgan fingerprint density at radius 1 is 1.50 bits per heavy atom. The number of H-pyrrole nitrogens is 1. The molecule has 0 bridgehead atoms. The number of rotatable bonds is 3. The van der Waals surface area contributed by atoms with Gasteiger partial charge in [0.1, 0.15) is 0 Å². The van der Waals surface area contributed by atoms with E-state index in [1.165, 1.54) is 0 Å². The minimum Gasteiger partial charge on any atom is -0.409 e. The fraction of sp³-hybridized carbons (Fsp3) is 0.400. The lowest BCUT2D eigenvalue weighted by Gasteiger charge is -2.17. The second-order valence-corrected chi connectivity index (χ2v) is 5.91. The van der Waals surface area contributed by atoms with E-state index in [2.05, 4.69) is 10.2 Å². The third-order valence-corrected chi connectivity index (χ3v) is 4.19. The van der Waals surface area contributed by atoms with E-state index in [9.17, 15) is 9.90 Å². The average molecular weight is 319 g/mol. The van der Waals surface area contributed by atoms with Crippen LogP contribution in [0.25, 0.3) is 11.5 Å². The zero-order valence-electron chi connectivity index (χ0n) is 12.2. The quantitative estimate of drug-likeness (QED) is 0.848. The third-order valence-electron chi connectivity index (χ3n) is 4.01. The lowest BCUT2D eigenvalue weighted by molar-refractivity contribution is 0.0762. The van der Waals surface area contributed by atoms with Gasteiger partial charge in [-0.15, -0.1) is 5.10 Å². The van der Waals surface area contributed by atoms with Crippen LogP contribution in [0.5, 0.6) is 0 Å². The number of carbonyl (C=O) groups excluding carboxylic acids is 1. The fourth-order valence-electron chi connectivity index (χ4n) is 2.66. The van der Waals surface area contributed by atoms with Crippen molar-refractivity contribution in [3.63, 3.8) is 0 Å². The highest BCUT2D eigenvalue weighted by Gasteiger charge is 2.29. The van der Waals surface area contributed by atoms with Crippen molar-refractivity contribution < 1.29 is 14.3 Å². The van der Waals surface area contributed by atoms with Gasteiger partial charge in [0.25, 0.3) is 10.7 Å². The minimum absolute atomic E-state index is 0.0161. The molecule has 0 aliphatic carbocycles. The van der Waals surface area contributed by atoms with Gasteiger partial charge in [-0.3, -0.25) is 4.79 Å². The summed E-state index contributed by atoms with van der Waals surface area (Å²) in [6.07, 6.45) is 0.462. The Hall–Kier alpha value is -1.99. The molecule has 7 heteroatoms. The molecule has 22 heavy (non-hydrogen) atoms. The van der Waals surface area contributed by atoms with Crippen molar-refractivity contribution in [2.24, 2.45) is 5.92 Å². The zero-order valence-corrected chi connectivity index (χ0v) is 13.0. The van der Waals surface area contributed by atoms with Gasteiger partial charge in [-0.25, -0.2) is 5.10 Å². The highest BCUT2D eigenvalue weighted by Crippen LogP contribution is 2.23. The van der Waals surface area contributed by atoms with Crippen LogP contribution >= 0.6 is 12.2 Å². The molecule has 116 valence electrons. The van der Waals surface area contributed by atoms with Gasteiger partial charge in [0, 0.05) is 30.1 Å². The monoisotopic (exact) mass is 319 g/mol. The molecule has 2 heterocycles. The average Bonchev–Trinajstić information content (AvgIpc) is 3.16. The largest absolute Gasteiger partial charge is 0.409 e. The number of carbonyl (C=O) groups is 1. The van der Waals surface area contributed by atoms with Gasteiger partial charge in [-0.2, -0.15) is 0 Å². The lowest BCUT2D eigenvalue weighted by Crippen LogP contribution is -2.30. The van der Waals surface area contributed by atoms with Gasteiger partial charge < -0.3 is 14.4 Å². The molecule has 2 aromatic rings. The molecule has 2 unspecified atom stereocenters. The molecule has 1 fully saturated rings. The van der Waals surface area contributed by atoms with Gasteiger partial charge >= 0.3 is 0 Å². The van der Waals surface area contributed by atoms with E-state index in [0.717, 1.165) is 12.0 Å². The number of aromatic nitrogens is 2. The van der Waals surface area contributed by atoms with Crippen molar-refractivity contribution in [1.29, 1.82) is 0 Å². The molecular formula is C15H17N3O3S. The van der Waals surface area contributed by atoms with Gasteiger partial charge in [-0.05, 0) is 49.8 Å². The number of aromatic amines is 1. The smallest absolute Gasteiger partial charge is 0.284 e. The van der Waals surface area contributed by atoms with Crippen LogP contribution in [0.2, 0.25) is 0 Å². The number of aliphatic hydroxyl groups is 1. The Balaban J connectivity index is 1.73. The molecular weight excluding hydrogens is 302 g/mol. The van der Waals surface area contributed by atoms with Crippen LogP contribution in [-0.4, -0.2) is 45.3 Å². The maximum absolute atomic E-state index is 12.4. The van der Waals surface area contributed by atoms with E-state index in [-0.39, 0.29) is 22.8 Å². The summed E-state index contributed by atoms with van der Waals surface area (Å²) in [5, 5.41) is 16.1. The Labute approximate surface area is 132 Å². The van der Waals surface area contributed by atoms with E-state index in [4.69, 9.17) is 16.6 Å². The van der Waals surface area contributed by atoms with E-state index in [1.54, 1.807) is 36.1 Å². The fourth-order valence-corrected chi connectivity index (χ4v) is 2.78. The maximum atomic E-state index is 12.4. The van der Waals surface area contributed by atoms with Gasteiger partial charge in [0.2, 0.25) is 5.89 Å². The summed E-state index contributed by atoms with van der Waals surface area (Å²) in [4.78, 5) is 14.5. The molecule has 6 nitrogen and oxygen atoms in total. The molecule has 1 saturated heterocycles. The summed E-state index contributed by atoms with van der Waals surface area (Å²) < 4.78 is 5.24. The maximum Gasteiger partial charge on any atom is 0.284 e. The molecule has 1 aliphatic heterocycles. The first kappa shape index (κ1) is 14.9. The molecule has 0 radical (unpaired) electrons. The van der Waals surface area contributed by atoms with Gasteiger partial charge in [-0.1, -0.05) is 0 Å². The van der Waals surface area contributed by atoms with E-state index >= 15 is 0 Å². The highest BCUT2D eigenvalue weighted by molar-refractivity contribution is 7.71. The summed E-state index contributed by atoms with van der Waals surface area (Å²) >= 11 is 4.84. The Morgan fingerprint density at radius 3 is 2.77 bits per heavy atom. The predicted octanol–water partition coefficient (Wildman–Crippen LogP) is 2.24. The molecule has 0 spiro atoms. The summed E-state index contributed by atoms with van der Waals surface area (Å²) in [7, 11) is 0. The first-order chi connectivity index (χ1) is 10.5. The number of nitrogens with one attached hydrogen (secondary N) is 1. The number of amides is 1. The molecule has 0 saturated carbocycles. The van der Waals surface area contributed by atoms with Crippen LogP contribution < -0.4 is 0 Å². The molecule has 1 aromatic heterocycles. The van der Waals surface area contributed by atoms with Crippen molar-refractivity contribution in [2.45, 2.75) is 19.4 Å².